The number of phenols is 2. The molecule has 1 unspecified atom stereocenters. The zero-order valence-corrected chi connectivity index (χ0v) is 20.5. The quantitative estimate of drug-likeness (QED) is 0.412. The maximum Gasteiger partial charge on any atom is 0.150 e. The number of alkyl halides is 1. The Balaban J connectivity index is 1.33. The summed E-state index contributed by atoms with van der Waals surface area (Å²) >= 11 is 0. The third-order valence-corrected chi connectivity index (χ3v) is 7.22. The topological polar surface area (TPSA) is 62.2 Å². The third-order valence-electron chi connectivity index (χ3n) is 7.22. The maximum atomic E-state index is 12.8. The summed E-state index contributed by atoms with van der Waals surface area (Å²) in [6, 6.07) is 20.2. The Morgan fingerprint density at radius 1 is 0.972 bits per heavy atom. The average molecular weight is 490 g/mol. The van der Waals surface area contributed by atoms with Crippen LogP contribution in [0.25, 0.3) is 11.1 Å². The van der Waals surface area contributed by atoms with Crippen LogP contribution in [-0.2, 0) is 0 Å². The lowest BCUT2D eigenvalue weighted by Crippen LogP contribution is -2.36. The van der Waals surface area contributed by atoms with E-state index in [1.165, 1.54) is 0 Å². The minimum absolute atomic E-state index is 0.179. The van der Waals surface area contributed by atoms with Crippen molar-refractivity contribution >= 4 is 11.1 Å². The highest BCUT2D eigenvalue weighted by atomic mass is 19.1. The van der Waals surface area contributed by atoms with E-state index in [1.807, 2.05) is 43.3 Å². The molecule has 2 N–H and O–H groups in total. The number of piperidine rings is 1. The zero-order valence-electron chi connectivity index (χ0n) is 20.5. The molecule has 3 aromatic rings. The van der Waals surface area contributed by atoms with Crippen molar-refractivity contribution in [3.8, 4) is 23.0 Å². The zero-order chi connectivity index (χ0) is 25.1. The monoisotopic (exact) mass is 489 g/mol. The van der Waals surface area contributed by atoms with E-state index in [1.54, 1.807) is 30.3 Å². The van der Waals surface area contributed by atoms with Crippen molar-refractivity contribution in [2.24, 2.45) is 5.92 Å². The van der Waals surface area contributed by atoms with E-state index >= 15 is 0 Å². The van der Waals surface area contributed by atoms with Crippen LogP contribution in [-0.4, -0.2) is 48.0 Å². The van der Waals surface area contributed by atoms with Crippen molar-refractivity contribution in [2.45, 2.75) is 25.9 Å². The SMILES string of the molecule is CC1=C(c2cccc(O)c2)C(c2ccc(OCCN3CCC(CF)CC3)cc2)Oc2ccc(O)cc21. The minimum atomic E-state index is -0.380. The molecule has 2 aliphatic rings. The molecule has 0 aromatic heterocycles. The fourth-order valence-corrected chi connectivity index (χ4v) is 5.11. The molecule has 188 valence electrons. The van der Waals surface area contributed by atoms with Crippen LogP contribution < -0.4 is 9.47 Å². The molecule has 0 saturated carbocycles. The second-order valence-corrected chi connectivity index (χ2v) is 9.62. The van der Waals surface area contributed by atoms with Gasteiger partial charge in [-0.15, -0.1) is 0 Å². The molecule has 1 saturated heterocycles. The minimum Gasteiger partial charge on any atom is -0.508 e. The third kappa shape index (κ3) is 5.19. The van der Waals surface area contributed by atoms with Gasteiger partial charge >= 0.3 is 0 Å². The summed E-state index contributed by atoms with van der Waals surface area (Å²) in [4.78, 5) is 2.33. The second kappa shape index (κ2) is 10.6. The second-order valence-electron chi connectivity index (χ2n) is 9.62. The Labute approximate surface area is 211 Å². The number of benzene rings is 3. The first-order chi connectivity index (χ1) is 17.5. The molecular formula is C30H32FNO4. The van der Waals surface area contributed by atoms with Gasteiger partial charge in [-0.25, -0.2) is 0 Å². The van der Waals surface area contributed by atoms with Crippen LogP contribution in [0.3, 0.4) is 0 Å². The van der Waals surface area contributed by atoms with Gasteiger partial charge in [0.1, 0.15) is 35.7 Å². The Kier molecular flexibility index (Phi) is 7.14. The largest absolute Gasteiger partial charge is 0.508 e. The van der Waals surface area contributed by atoms with Crippen molar-refractivity contribution < 1.29 is 24.1 Å². The molecule has 1 atom stereocenters. The number of hydrogen-bond acceptors (Lipinski definition) is 5. The molecule has 2 aliphatic heterocycles. The summed E-state index contributed by atoms with van der Waals surface area (Å²) in [6.45, 7) is 5.08. The van der Waals surface area contributed by atoms with Crippen LogP contribution in [0, 0.1) is 5.92 Å². The lowest BCUT2D eigenvalue weighted by Gasteiger charge is -2.31. The molecule has 0 radical (unpaired) electrons. The average Bonchev–Trinajstić information content (AvgIpc) is 2.90. The van der Waals surface area contributed by atoms with E-state index in [2.05, 4.69) is 4.90 Å². The Bertz CT molecular complexity index is 1230. The number of hydrogen-bond donors (Lipinski definition) is 2. The highest BCUT2D eigenvalue weighted by molar-refractivity contribution is 5.95. The Hall–Kier alpha value is -3.51. The molecule has 36 heavy (non-hydrogen) atoms. The molecule has 1 fully saturated rings. The molecule has 0 spiro atoms. The molecule has 6 heteroatoms. The fourth-order valence-electron chi connectivity index (χ4n) is 5.11. The van der Waals surface area contributed by atoms with Crippen LogP contribution in [0.1, 0.15) is 42.6 Å². The molecule has 2 heterocycles. The van der Waals surface area contributed by atoms with Crippen molar-refractivity contribution in [3.05, 3.63) is 83.4 Å². The van der Waals surface area contributed by atoms with Gasteiger partial charge in [0.15, 0.2) is 0 Å². The highest BCUT2D eigenvalue weighted by Crippen LogP contribution is 2.47. The van der Waals surface area contributed by atoms with Crippen molar-refractivity contribution in [2.75, 3.05) is 32.9 Å². The van der Waals surface area contributed by atoms with Gasteiger partial charge in [0, 0.05) is 17.7 Å². The fraction of sp³-hybridized carbons (Fsp3) is 0.333. The van der Waals surface area contributed by atoms with Crippen LogP contribution in [0.15, 0.2) is 66.7 Å². The van der Waals surface area contributed by atoms with Gasteiger partial charge in [-0.1, -0.05) is 24.3 Å². The van der Waals surface area contributed by atoms with Gasteiger partial charge in [0.05, 0.1) is 6.67 Å². The lowest BCUT2D eigenvalue weighted by atomic mass is 9.86. The number of fused-ring (bicyclic) bond motifs is 1. The normalized spacial score (nSPS) is 18.6. The predicted molar refractivity (Wildman–Crippen MR) is 139 cm³/mol. The summed E-state index contributed by atoms with van der Waals surface area (Å²) in [5.41, 5.74) is 4.59. The standard InChI is InChI=1S/C30H32FNO4/c1-20-27-18-25(34)7-10-28(27)36-30(29(20)23-3-2-4-24(33)17-23)22-5-8-26(9-6-22)35-16-15-32-13-11-21(19-31)12-14-32/h2-10,17-18,21,30,33-34H,11-16,19H2,1H3. The number of allylic oxidation sites excluding steroid dienone is 1. The molecular weight excluding hydrogens is 457 g/mol. The van der Waals surface area contributed by atoms with Gasteiger partial charge < -0.3 is 19.7 Å². The van der Waals surface area contributed by atoms with Crippen LogP contribution >= 0.6 is 0 Å². The first-order valence-electron chi connectivity index (χ1n) is 12.5. The van der Waals surface area contributed by atoms with Crippen molar-refractivity contribution in [1.29, 1.82) is 0 Å². The summed E-state index contributed by atoms with van der Waals surface area (Å²) in [7, 11) is 0. The van der Waals surface area contributed by atoms with Gasteiger partial charge in [-0.3, -0.25) is 9.29 Å². The number of halogens is 1. The Morgan fingerprint density at radius 3 is 2.44 bits per heavy atom. The summed E-state index contributed by atoms with van der Waals surface area (Å²) in [5.74, 6) is 2.08. The van der Waals surface area contributed by atoms with Gasteiger partial charge in [-0.2, -0.15) is 0 Å². The number of phenolic OH excluding ortho intramolecular Hbond substituents is 2. The molecule has 3 aromatic carbocycles. The Morgan fingerprint density at radius 2 is 1.72 bits per heavy atom. The van der Waals surface area contributed by atoms with E-state index in [0.717, 1.165) is 66.1 Å². The van der Waals surface area contributed by atoms with Gasteiger partial charge in [0.2, 0.25) is 0 Å². The number of aromatic hydroxyl groups is 2. The number of ether oxygens (including phenoxy) is 2. The number of rotatable bonds is 7. The van der Waals surface area contributed by atoms with Crippen molar-refractivity contribution in [3.63, 3.8) is 0 Å². The predicted octanol–water partition coefficient (Wildman–Crippen LogP) is 6.22. The van der Waals surface area contributed by atoms with E-state index in [-0.39, 0.29) is 30.2 Å². The number of nitrogens with zero attached hydrogens (tertiary/aromatic N) is 1. The number of likely N-dealkylation sites (tertiary alicyclic amines) is 1. The van der Waals surface area contributed by atoms with Crippen molar-refractivity contribution in [1.82, 2.24) is 4.90 Å². The van der Waals surface area contributed by atoms with E-state index in [0.29, 0.717) is 12.4 Å². The first-order valence-corrected chi connectivity index (χ1v) is 12.5. The first kappa shape index (κ1) is 24.2. The molecule has 5 rings (SSSR count). The van der Waals surface area contributed by atoms with Gasteiger partial charge in [-0.05, 0) is 97.9 Å². The molecule has 0 amide bonds. The van der Waals surface area contributed by atoms with E-state index < -0.39 is 0 Å². The van der Waals surface area contributed by atoms with Crippen LogP contribution in [0.4, 0.5) is 4.39 Å². The maximum absolute atomic E-state index is 12.8. The van der Waals surface area contributed by atoms with Crippen LogP contribution in [0.2, 0.25) is 0 Å². The highest BCUT2D eigenvalue weighted by Gasteiger charge is 2.29. The van der Waals surface area contributed by atoms with Crippen LogP contribution in [0.5, 0.6) is 23.0 Å². The van der Waals surface area contributed by atoms with E-state index in [4.69, 9.17) is 9.47 Å². The molecule has 5 nitrogen and oxygen atoms in total. The van der Waals surface area contributed by atoms with Gasteiger partial charge in [0.25, 0.3) is 0 Å². The smallest absolute Gasteiger partial charge is 0.150 e. The van der Waals surface area contributed by atoms with E-state index in [9.17, 15) is 14.6 Å². The summed E-state index contributed by atoms with van der Waals surface area (Å²) in [5, 5.41) is 20.2. The summed E-state index contributed by atoms with van der Waals surface area (Å²) in [6.07, 6.45) is 1.46. The lowest BCUT2D eigenvalue weighted by molar-refractivity contribution is 0.142. The summed E-state index contributed by atoms with van der Waals surface area (Å²) < 4.78 is 25.3. The molecule has 0 aliphatic carbocycles. The molecule has 0 bridgehead atoms.